The van der Waals surface area contributed by atoms with Crippen molar-refractivity contribution >= 4 is 11.6 Å². The molecule has 58 valence electrons. The minimum absolute atomic E-state index is 0.183. The number of carbonyl (C=O) groups is 2. The van der Waals surface area contributed by atoms with E-state index in [1.165, 1.54) is 0 Å². The summed E-state index contributed by atoms with van der Waals surface area (Å²) in [6.45, 7) is 0. The Balaban J connectivity index is 2.34. The lowest BCUT2D eigenvalue weighted by Gasteiger charge is -2.10. The van der Waals surface area contributed by atoms with Crippen molar-refractivity contribution < 1.29 is 9.59 Å². The maximum atomic E-state index is 11.1. The van der Waals surface area contributed by atoms with E-state index in [4.69, 9.17) is 0 Å². The second-order valence-electron chi connectivity index (χ2n) is 3.22. The Morgan fingerprint density at radius 3 is 2.45 bits per heavy atom. The van der Waals surface area contributed by atoms with Crippen LogP contribution in [0.1, 0.15) is 32.1 Å². The standard InChI is InChI=1S/C9H10O2/c10-8-5-6-3-1-2-4-7(6)9(8)11/h1-5H2. The van der Waals surface area contributed by atoms with E-state index in [1.807, 2.05) is 0 Å². The van der Waals surface area contributed by atoms with Gasteiger partial charge >= 0.3 is 0 Å². The number of ketones is 2. The smallest absolute Gasteiger partial charge is 0.224 e. The van der Waals surface area contributed by atoms with Gasteiger partial charge in [-0.25, -0.2) is 0 Å². The Kier molecular flexibility index (Phi) is 1.41. The van der Waals surface area contributed by atoms with E-state index in [2.05, 4.69) is 0 Å². The van der Waals surface area contributed by atoms with Crippen molar-refractivity contribution in [2.75, 3.05) is 0 Å². The monoisotopic (exact) mass is 150 g/mol. The summed E-state index contributed by atoms with van der Waals surface area (Å²) in [4.78, 5) is 22.1. The van der Waals surface area contributed by atoms with Gasteiger partial charge in [0.25, 0.3) is 0 Å². The summed E-state index contributed by atoms with van der Waals surface area (Å²) in [7, 11) is 0. The van der Waals surface area contributed by atoms with Gasteiger partial charge in [-0.3, -0.25) is 9.59 Å². The molecule has 0 heterocycles. The quantitative estimate of drug-likeness (QED) is 0.489. The molecule has 2 nitrogen and oxygen atoms in total. The molecular weight excluding hydrogens is 140 g/mol. The van der Waals surface area contributed by atoms with Gasteiger partial charge in [0.15, 0.2) is 0 Å². The summed E-state index contributed by atoms with van der Waals surface area (Å²) < 4.78 is 0. The maximum absolute atomic E-state index is 11.1. The average Bonchev–Trinajstić information content (AvgIpc) is 2.30. The van der Waals surface area contributed by atoms with Crippen LogP contribution in [-0.2, 0) is 9.59 Å². The zero-order chi connectivity index (χ0) is 7.84. The van der Waals surface area contributed by atoms with Gasteiger partial charge in [0.2, 0.25) is 11.6 Å². The maximum Gasteiger partial charge on any atom is 0.224 e. The molecule has 2 heteroatoms. The fraction of sp³-hybridized carbons (Fsp3) is 0.556. The molecule has 0 aliphatic heterocycles. The van der Waals surface area contributed by atoms with Crippen LogP contribution >= 0.6 is 0 Å². The Bertz CT molecular complexity index is 261. The van der Waals surface area contributed by atoms with Gasteiger partial charge in [-0.15, -0.1) is 0 Å². The SMILES string of the molecule is O=C1CC2=C(CCCC2)C1=O. The van der Waals surface area contributed by atoms with Crippen LogP contribution in [0.4, 0.5) is 0 Å². The lowest BCUT2D eigenvalue weighted by atomic mass is 9.94. The molecule has 0 fully saturated rings. The first kappa shape index (κ1) is 6.77. The second-order valence-corrected chi connectivity index (χ2v) is 3.22. The molecule has 0 aromatic rings. The van der Waals surface area contributed by atoms with Crippen molar-refractivity contribution in [1.82, 2.24) is 0 Å². The topological polar surface area (TPSA) is 34.1 Å². The minimum atomic E-state index is -0.195. The highest BCUT2D eigenvalue weighted by atomic mass is 16.2. The molecule has 0 spiro atoms. The molecule has 0 amide bonds. The van der Waals surface area contributed by atoms with Gasteiger partial charge in [-0.2, -0.15) is 0 Å². The van der Waals surface area contributed by atoms with E-state index < -0.39 is 0 Å². The molecule has 0 bridgehead atoms. The highest BCUT2D eigenvalue weighted by molar-refractivity contribution is 6.46. The van der Waals surface area contributed by atoms with Crippen LogP contribution in [0, 0.1) is 0 Å². The summed E-state index contributed by atoms with van der Waals surface area (Å²) in [6, 6.07) is 0. The van der Waals surface area contributed by atoms with Crippen molar-refractivity contribution in [2.24, 2.45) is 0 Å². The molecule has 2 rings (SSSR count). The van der Waals surface area contributed by atoms with Crippen LogP contribution in [0.5, 0.6) is 0 Å². The van der Waals surface area contributed by atoms with Crippen LogP contribution in [-0.4, -0.2) is 11.6 Å². The molecule has 11 heavy (non-hydrogen) atoms. The Hall–Kier alpha value is -0.920. The molecule has 2 aliphatic rings. The van der Waals surface area contributed by atoms with E-state index in [1.54, 1.807) is 0 Å². The van der Waals surface area contributed by atoms with Crippen molar-refractivity contribution in [3.05, 3.63) is 11.1 Å². The lowest BCUT2D eigenvalue weighted by Crippen LogP contribution is -2.08. The first-order valence-corrected chi connectivity index (χ1v) is 4.07. The van der Waals surface area contributed by atoms with Gasteiger partial charge in [-0.1, -0.05) is 5.57 Å². The van der Waals surface area contributed by atoms with Crippen molar-refractivity contribution in [3.8, 4) is 0 Å². The molecule has 0 aromatic heterocycles. The van der Waals surface area contributed by atoms with Gasteiger partial charge in [0.1, 0.15) is 0 Å². The third-order valence-electron chi connectivity index (χ3n) is 2.48. The summed E-state index contributed by atoms with van der Waals surface area (Å²) in [5, 5.41) is 0. The summed E-state index contributed by atoms with van der Waals surface area (Å²) in [6.07, 6.45) is 4.48. The number of Topliss-reactive ketones (excluding diaryl/α,β-unsaturated/α-hetero) is 2. The van der Waals surface area contributed by atoms with Crippen LogP contribution in [0.2, 0.25) is 0 Å². The van der Waals surface area contributed by atoms with Crippen molar-refractivity contribution in [3.63, 3.8) is 0 Å². The molecule has 2 aliphatic carbocycles. The zero-order valence-electron chi connectivity index (χ0n) is 6.35. The van der Waals surface area contributed by atoms with E-state index in [9.17, 15) is 9.59 Å². The van der Waals surface area contributed by atoms with E-state index >= 15 is 0 Å². The third-order valence-corrected chi connectivity index (χ3v) is 2.48. The van der Waals surface area contributed by atoms with Gasteiger partial charge in [-0.05, 0) is 25.7 Å². The molecule has 0 unspecified atom stereocenters. The molecule has 0 N–H and O–H groups in total. The summed E-state index contributed by atoms with van der Waals surface area (Å²) in [5.74, 6) is -0.378. The zero-order valence-corrected chi connectivity index (χ0v) is 6.35. The van der Waals surface area contributed by atoms with Crippen molar-refractivity contribution in [1.29, 1.82) is 0 Å². The highest BCUT2D eigenvalue weighted by Gasteiger charge is 2.31. The Morgan fingerprint density at radius 1 is 1.00 bits per heavy atom. The van der Waals surface area contributed by atoms with Crippen molar-refractivity contribution in [2.45, 2.75) is 32.1 Å². The van der Waals surface area contributed by atoms with Gasteiger partial charge < -0.3 is 0 Å². The van der Waals surface area contributed by atoms with Crippen LogP contribution in [0.15, 0.2) is 11.1 Å². The summed E-state index contributed by atoms with van der Waals surface area (Å²) >= 11 is 0. The number of allylic oxidation sites excluding steroid dienone is 2. The first-order valence-electron chi connectivity index (χ1n) is 4.07. The molecule has 0 atom stereocenters. The largest absolute Gasteiger partial charge is 0.290 e. The van der Waals surface area contributed by atoms with Gasteiger partial charge in [0, 0.05) is 12.0 Å². The normalized spacial score (nSPS) is 24.4. The van der Waals surface area contributed by atoms with E-state index in [0.29, 0.717) is 6.42 Å². The molecule has 0 radical (unpaired) electrons. The number of hydrogen-bond donors (Lipinski definition) is 0. The first-order chi connectivity index (χ1) is 5.29. The summed E-state index contributed by atoms with van der Waals surface area (Å²) in [5.41, 5.74) is 1.98. The van der Waals surface area contributed by atoms with Crippen LogP contribution < -0.4 is 0 Å². The fourth-order valence-corrected chi connectivity index (χ4v) is 1.88. The Labute approximate surface area is 65.3 Å². The number of hydrogen-bond acceptors (Lipinski definition) is 2. The average molecular weight is 150 g/mol. The van der Waals surface area contributed by atoms with E-state index in [0.717, 1.165) is 36.8 Å². The molecule has 0 aromatic carbocycles. The van der Waals surface area contributed by atoms with Crippen LogP contribution in [0.3, 0.4) is 0 Å². The number of rotatable bonds is 0. The predicted molar refractivity (Wildman–Crippen MR) is 40.1 cm³/mol. The van der Waals surface area contributed by atoms with E-state index in [-0.39, 0.29) is 11.6 Å². The predicted octanol–water partition coefficient (Wildman–Crippen LogP) is 1.40. The second kappa shape index (κ2) is 2.29. The van der Waals surface area contributed by atoms with Gasteiger partial charge in [0.05, 0.1) is 0 Å². The third kappa shape index (κ3) is 0.934. The molecular formula is C9H10O2. The Morgan fingerprint density at radius 2 is 1.73 bits per heavy atom. The fourth-order valence-electron chi connectivity index (χ4n) is 1.88. The molecule has 0 saturated heterocycles. The lowest BCUT2D eigenvalue weighted by molar-refractivity contribution is -0.133. The number of carbonyl (C=O) groups excluding carboxylic acids is 2. The minimum Gasteiger partial charge on any atom is -0.290 e. The van der Waals surface area contributed by atoms with Crippen LogP contribution in [0.25, 0.3) is 0 Å². The molecule has 0 saturated carbocycles. The highest BCUT2D eigenvalue weighted by Crippen LogP contribution is 2.32.